The number of rotatable bonds is 7. The lowest BCUT2D eigenvalue weighted by Gasteiger charge is -2.37. The normalized spacial score (nSPS) is 17.2. The average Bonchev–Trinajstić information content (AvgIpc) is 3.20. The van der Waals surface area contributed by atoms with Crippen molar-refractivity contribution in [3.8, 4) is 0 Å². The third-order valence-electron chi connectivity index (χ3n) is 5.78. The number of halogens is 1. The molecule has 2 aromatic rings. The first kappa shape index (κ1) is 25.1. The van der Waals surface area contributed by atoms with Crippen molar-refractivity contribution >= 4 is 40.4 Å². The Kier molecular flexibility index (Phi) is 7.67. The molecule has 0 aromatic heterocycles. The maximum atomic E-state index is 13.2. The number of amides is 1. The van der Waals surface area contributed by atoms with Crippen LogP contribution in [0.3, 0.4) is 0 Å². The van der Waals surface area contributed by atoms with Crippen LogP contribution in [0.15, 0.2) is 82.0 Å². The second-order valence-electron chi connectivity index (χ2n) is 8.78. The molecule has 35 heavy (non-hydrogen) atoms. The summed E-state index contributed by atoms with van der Waals surface area (Å²) in [5.74, 6) is -0.466. The topological polar surface area (TPSA) is 62.2 Å². The van der Waals surface area contributed by atoms with Gasteiger partial charge in [-0.2, -0.15) is 0 Å². The molecule has 0 saturated heterocycles. The molecular formula is C27H28ClN3O3S. The highest BCUT2D eigenvalue weighted by Gasteiger charge is 2.42. The molecule has 182 valence electrons. The number of hydrogen-bond acceptors (Lipinski definition) is 6. The Balaban J connectivity index is 1.65. The van der Waals surface area contributed by atoms with E-state index in [2.05, 4.69) is 0 Å². The first-order valence-corrected chi connectivity index (χ1v) is 12.7. The maximum Gasteiger partial charge on any atom is 0.338 e. The number of thioether (sulfide) groups is 1. The van der Waals surface area contributed by atoms with Gasteiger partial charge in [0.15, 0.2) is 5.17 Å². The quantitative estimate of drug-likeness (QED) is 0.434. The second-order valence-corrected chi connectivity index (χ2v) is 10.0. The van der Waals surface area contributed by atoms with Crippen LogP contribution >= 0.6 is 23.4 Å². The predicted molar refractivity (Wildman–Crippen MR) is 141 cm³/mol. The van der Waals surface area contributed by atoms with Crippen molar-refractivity contribution in [2.75, 3.05) is 7.05 Å². The van der Waals surface area contributed by atoms with Gasteiger partial charge >= 0.3 is 5.97 Å². The number of carbonyl (C=O) groups is 2. The van der Waals surface area contributed by atoms with Gasteiger partial charge in [-0.3, -0.25) is 4.79 Å². The van der Waals surface area contributed by atoms with Crippen molar-refractivity contribution in [1.82, 2.24) is 9.80 Å². The summed E-state index contributed by atoms with van der Waals surface area (Å²) in [4.78, 5) is 34.8. The maximum absolute atomic E-state index is 13.2. The van der Waals surface area contributed by atoms with Gasteiger partial charge in [0.25, 0.3) is 0 Å². The van der Waals surface area contributed by atoms with Gasteiger partial charge in [-0.1, -0.05) is 71.9 Å². The fraction of sp³-hybridized carbons (Fsp3) is 0.296. The Morgan fingerprint density at radius 3 is 2.51 bits per heavy atom. The molecule has 0 spiro atoms. The Morgan fingerprint density at radius 2 is 1.83 bits per heavy atom. The van der Waals surface area contributed by atoms with Gasteiger partial charge in [0.05, 0.1) is 29.8 Å². The first-order chi connectivity index (χ1) is 16.8. The minimum absolute atomic E-state index is 0.0301. The summed E-state index contributed by atoms with van der Waals surface area (Å²) in [7, 11) is 1.80. The molecule has 1 amide bonds. The smallest absolute Gasteiger partial charge is 0.338 e. The van der Waals surface area contributed by atoms with Gasteiger partial charge in [0.2, 0.25) is 5.91 Å². The van der Waals surface area contributed by atoms with Crippen LogP contribution in [0, 0.1) is 0 Å². The number of hydrogen-bond donors (Lipinski definition) is 0. The largest absolute Gasteiger partial charge is 0.459 e. The summed E-state index contributed by atoms with van der Waals surface area (Å²) < 4.78 is 5.58. The Bertz CT molecular complexity index is 1220. The van der Waals surface area contributed by atoms with Gasteiger partial charge in [-0.25, -0.2) is 9.79 Å². The van der Waals surface area contributed by atoms with Crippen molar-refractivity contribution in [3.05, 3.63) is 93.1 Å². The van der Waals surface area contributed by atoms with Crippen LogP contribution in [0.25, 0.3) is 0 Å². The van der Waals surface area contributed by atoms with Gasteiger partial charge < -0.3 is 14.5 Å². The van der Waals surface area contributed by atoms with Crippen molar-refractivity contribution in [2.24, 2.45) is 4.99 Å². The molecule has 2 aliphatic rings. The highest BCUT2D eigenvalue weighted by Crippen LogP contribution is 2.46. The van der Waals surface area contributed by atoms with Crippen molar-refractivity contribution in [1.29, 1.82) is 0 Å². The molecule has 0 saturated carbocycles. The van der Waals surface area contributed by atoms with Crippen LogP contribution in [0.4, 0.5) is 0 Å². The molecule has 0 unspecified atom stereocenters. The van der Waals surface area contributed by atoms with Crippen molar-refractivity contribution in [2.45, 2.75) is 45.9 Å². The standard InChI is InChI=1S/C27H28ClN3O3S/c1-17(2)34-26(33)24-18(3)29-27-31(25(24)21-12-8-9-13-22(21)28)20(16-35-27)14-23(32)30(4)15-19-10-6-5-7-11-19/h5-13,16-17,25H,14-15H2,1-4H3/t25-/m1/s1. The minimum atomic E-state index is -0.545. The molecule has 1 atom stereocenters. The van der Waals surface area contributed by atoms with Gasteiger partial charge in [0, 0.05) is 24.3 Å². The number of amidine groups is 1. The van der Waals surface area contributed by atoms with Crippen LogP contribution in [0.5, 0.6) is 0 Å². The molecule has 0 N–H and O–H groups in total. The van der Waals surface area contributed by atoms with E-state index in [-0.39, 0.29) is 18.4 Å². The van der Waals surface area contributed by atoms with E-state index in [0.29, 0.717) is 28.0 Å². The fourth-order valence-corrected chi connectivity index (χ4v) is 5.34. The number of carbonyl (C=O) groups excluding carboxylic acids is 2. The summed E-state index contributed by atoms with van der Waals surface area (Å²) in [5.41, 5.74) is 3.60. The molecule has 2 heterocycles. The molecule has 6 nitrogen and oxygen atoms in total. The number of benzene rings is 2. The molecule has 0 bridgehead atoms. The minimum Gasteiger partial charge on any atom is -0.459 e. The number of esters is 1. The van der Waals surface area contributed by atoms with Crippen LogP contribution in [0.1, 0.15) is 44.4 Å². The molecule has 0 aliphatic carbocycles. The highest BCUT2D eigenvalue weighted by atomic mass is 35.5. The lowest BCUT2D eigenvalue weighted by Crippen LogP contribution is -2.38. The van der Waals surface area contributed by atoms with Gasteiger partial charge in [0.1, 0.15) is 0 Å². The lowest BCUT2D eigenvalue weighted by molar-refractivity contribution is -0.143. The summed E-state index contributed by atoms with van der Waals surface area (Å²) in [6.07, 6.45) is -0.113. The molecule has 8 heteroatoms. The second kappa shape index (κ2) is 10.7. The first-order valence-electron chi connectivity index (χ1n) is 11.4. The molecule has 0 fully saturated rings. The van der Waals surface area contributed by atoms with E-state index in [1.807, 2.05) is 79.6 Å². The molecular weight excluding hydrogens is 482 g/mol. The lowest BCUT2D eigenvalue weighted by atomic mass is 9.93. The van der Waals surface area contributed by atoms with Crippen LogP contribution < -0.4 is 0 Å². The van der Waals surface area contributed by atoms with Crippen LogP contribution in [-0.2, 0) is 20.9 Å². The third-order valence-corrected chi connectivity index (χ3v) is 7.02. The van der Waals surface area contributed by atoms with E-state index < -0.39 is 12.0 Å². The zero-order valence-electron chi connectivity index (χ0n) is 20.2. The van der Waals surface area contributed by atoms with E-state index in [1.165, 1.54) is 11.8 Å². The summed E-state index contributed by atoms with van der Waals surface area (Å²) >= 11 is 8.06. The van der Waals surface area contributed by atoms with E-state index in [1.54, 1.807) is 18.0 Å². The summed E-state index contributed by atoms with van der Waals surface area (Å²) in [6, 6.07) is 16.8. The average molecular weight is 510 g/mol. The molecule has 4 rings (SSSR count). The number of allylic oxidation sites excluding steroid dienone is 1. The van der Waals surface area contributed by atoms with Gasteiger partial charge in [-0.05, 0) is 43.4 Å². The molecule has 0 radical (unpaired) electrons. The monoisotopic (exact) mass is 509 g/mol. The highest BCUT2D eigenvalue weighted by molar-refractivity contribution is 8.16. The Labute approximate surface area is 215 Å². The molecule has 2 aromatic carbocycles. The number of fused-ring (bicyclic) bond motifs is 1. The summed E-state index contributed by atoms with van der Waals surface area (Å²) in [5, 5.41) is 3.17. The van der Waals surface area contributed by atoms with Crippen LogP contribution in [0.2, 0.25) is 5.02 Å². The SMILES string of the molecule is CC1=C(C(=O)OC(C)C)[C@@H](c2ccccc2Cl)N2C(CC(=O)N(C)Cc3ccccc3)=CSC2=N1. The zero-order chi connectivity index (χ0) is 25.1. The fourth-order valence-electron chi connectivity index (χ4n) is 4.13. The Hall–Kier alpha value is -3.03. The van der Waals surface area contributed by atoms with E-state index in [9.17, 15) is 9.59 Å². The number of nitrogens with zero attached hydrogens (tertiary/aromatic N) is 3. The molecule has 2 aliphatic heterocycles. The number of aliphatic imine (C=N–C) groups is 1. The third kappa shape index (κ3) is 5.46. The van der Waals surface area contributed by atoms with Crippen molar-refractivity contribution in [3.63, 3.8) is 0 Å². The van der Waals surface area contributed by atoms with Crippen molar-refractivity contribution < 1.29 is 14.3 Å². The summed E-state index contributed by atoms with van der Waals surface area (Å²) in [6.45, 7) is 5.95. The van der Waals surface area contributed by atoms with E-state index in [0.717, 1.165) is 16.8 Å². The zero-order valence-corrected chi connectivity index (χ0v) is 21.8. The Morgan fingerprint density at radius 1 is 1.14 bits per heavy atom. The van der Waals surface area contributed by atoms with Crippen LogP contribution in [-0.4, -0.2) is 40.0 Å². The predicted octanol–water partition coefficient (Wildman–Crippen LogP) is 5.92. The number of ether oxygens (including phenoxy) is 1. The van der Waals surface area contributed by atoms with E-state index >= 15 is 0 Å². The van der Waals surface area contributed by atoms with E-state index in [4.69, 9.17) is 21.3 Å². The van der Waals surface area contributed by atoms with Gasteiger partial charge in [-0.15, -0.1) is 0 Å².